The van der Waals surface area contributed by atoms with Crippen LogP contribution in [0.15, 0.2) is 16.6 Å². The Kier molecular flexibility index (Phi) is 5.79. The third-order valence-corrected chi connectivity index (χ3v) is 2.99. The minimum absolute atomic E-state index is 0. The Morgan fingerprint density at radius 3 is 2.60 bits per heavy atom. The van der Waals surface area contributed by atoms with Gasteiger partial charge in [-0.3, -0.25) is 4.79 Å². The van der Waals surface area contributed by atoms with E-state index in [9.17, 15) is 4.79 Å². The number of aryl methyl sites for hydroxylation is 1. The maximum Gasteiger partial charge on any atom is 0.252 e. The molecule has 0 fully saturated rings. The summed E-state index contributed by atoms with van der Waals surface area (Å²) in [5, 5.41) is 1.89. The Morgan fingerprint density at radius 1 is 1.60 bits per heavy atom. The highest BCUT2D eigenvalue weighted by atomic mass is 35.5. The van der Waals surface area contributed by atoms with Gasteiger partial charge in [-0.1, -0.05) is 6.92 Å². The summed E-state index contributed by atoms with van der Waals surface area (Å²) < 4.78 is 1.82. The van der Waals surface area contributed by atoms with E-state index < -0.39 is 0 Å². The summed E-state index contributed by atoms with van der Waals surface area (Å²) in [5.74, 6) is -0.379. The topological polar surface area (TPSA) is 60.4 Å². The van der Waals surface area contributed by atoms with E-state index in [4.69, 9.17) is 5.73 Å². The number of rotatable bonds is 2. The van der Waals surface area contributed by atoms with Crippen molar-refractivity contribution in [1.29, 1.82) is 0 Å². The van der Waals surface area contributed by atoms with Crippen LogP contribution in [-0.2, 0) is 11.8 Å². The molecule has 0 spiro atoms. The smallest absolute Gasteiger partial charge is 0.252 e. The molecule has 0 saturated heterocycles. The zero-order valence-electron chi connectivity index (χ0n) is 9.01. The maximum atomic E-state index is 11.6. The molecule has 6 heteroatoms. The van der Waals surface area contributed by atoms with Crippen LogP contribution in [0.25, 0.3) is 0 Å². The molecule has 15 heavy (non-hydrogen) atoms. The first-order chi connectivity index (χ1) is 6.52. The first kappa shape index (κ1) is 14.3. The fourth-order valence-electron chi connectivity index (χ4n) is 0.856. The first-order valence-electron chi connectivity index (χ1n) is 4.46. The fraction of sp³-hybridized carbons (Fsp3) is 0.556. The predicted molar refractivity (Wildman–Crippen MR) is 63.9 cm³/mol. The molecule has 2 unspecified atom stereocenters. The Morgan fingerprint density at radius 2 is 2.20 bits per heavy atom. The van der Waals surface area contributed by atoms with Crippen molar-refractivity contribution in [1.82, 2.24) is 4.57 Å². The van der Waals surface area contributed by atoms with Crippen molar-refractivity contribution in [2.75, 3.05) is 0 Å². The van der Waals surface area contributed by atoms with Crippen LogP contribution >= 0.6 is 23.7 Å². The normalized spacial score (nSPS) is 15.6. The van der Waals surface area contributed by atoms with Crippen LogP contribution in [0.4, 0.5) is 0 Å². The van der Waals surface area contributed by atoms with Gasteiger partial charge in [0.15, 0.2) is 4.80 Å². The highest BCUT2D eigenvalue weighted by Crippen LogP contribution is 2.01. The lowest BCUT2D eigenvalue weighted by Crippen LogP contribution is -2.31. The summed E-state index contributed by atoms with van der Waals surface area (Å²) >= 11 is 1.44. The summed E-state index contributed by atoms with van der Waals surface area (Å²) in [6.45, 7) is 3.61. The summed E-state index contributed by atoms with van der Waals surface area (Å²) in [5.41, 5.74) is 5.62. The van der Waals surface area contributed by atoms with E-state index in [1.165, 1.54) is 11.3 Å². The van der Waals surface area contributed by atoms with E-state index in [1.807, 2.05) is 30.1 Å². The molecule has 1 aromatic rings. The second-order valence-corrected chi connectivity index (χ2v) is 4.27. The van der Waals surface area contributed by atoms with Crippen molar-refractivity contribution in [3.63, 3.8) is 0 Å². The molecule has 0 aliphatic rings. The van der Waals surface area contributed by atoms with E-state index >= 15 is 0 Å². The fourth-order valence-corrected chi connectivity index (χ4v) is 1.59. The second-order valence-electron chi connectivity index (χ2n) is 3.39. The lowest BCUT2D eigenvalue weighted by molar-refractivity contribution is -0.121. The molecule has 0 aromatic carbocycles. The molecular formula is C9H16ClN3OS. The number of hydrogen-bond acceptors (Lipinski definition) is 3. The number of thiazole rings is 1. The molecule has 0 aliphatic carbocycles. The first-order valence-corrected chi connectivity index (χ1v) is 5.34. The molecule has 1 heterocycles. The van der Waals surface area contributed by atoms with Gasteiger partial charge >= 0.3 is 0 Å². The summed E-state index contributed by atoms with van der Waals surface area (Å²) in [6, 6.07) is -0.156. The lowest BCUT2D eigenvalue weighted by Gasteiger charge is -2.09. The molecule has 4 nitrogen and oxygen atoms in total. The van der Waals surface area contributed by atoms with Crippen molar-refractivity contribution in [3.8, 4) is 0 Å². The van der Waals surface area contributed by atoms with Gasteiger partial charge in [0, 0.05) is 24.7 Å². The Labute approximate surface area is 99.2 Å². The average molecular weight is 250 g/mol. The van der Waals surface area contributed by atoms with E-state index in [2.05, 4.69) is 4.99 Å². The minimum atomic E-state index is -0.225. The van der Waals surface area contributed by atoms with Crippen molar-refractivity contribution < 1.29 is 4.79 Å². The maximum absolute atomic E-state index is 11.6. The zero-order chi connectivity index (χ0) is 10.7. The summed E-state index contributed by atoms with van der Waals surface area (Å²) in [7, 11) is 1.86. The SMILES string of the molecule is CC(N)C(C)C(=O)N=c1sccn1C.Cl. The van der Waals surface area contributed by atoms with Crippen molar-refractivity contribution in [3.05, 3.63) is 16.4 Å². The highest BCUT2D eigenvalue weighted by Gasteiger charge is 2.15. The van der Waals surface area contributed by atoms with Crippen molar-refractivity contribution in [2.45, 2.75) is 19.9 Å². The predicted octanol–water partition coefficient (Wildman–Crippen LogP) is 0.919. The Hall–Kier alpha value is -0.650. The van der Waals surface area contributed by atoms with Crippen molar-refractivity contribution in [2.24, 2.45) is 23.7 Å². The van der Waals surface area contributed by atoms with E-state index in [1.54, 1.807) is 6.92 Å². The number of halogens is 1. The molecule has 0 saturated carbocycles. The van der Waals surface area contributed by atoms with Crippen LogP contribution in [-0.4, -0.2) is 16.5 Å². The zero-order valence-corrected chi connectivity index (χ0v) is 10.6. The average Bonchev–Trinajstić information content (AvgIpc) is 2.50. The van der Waals surface area contributed by atoms with Crippen LogP contribution in [0, 0.1) is 5.92 Å². The van der Waals surface area contributed by atoms with Crippen LogP contribution in [0.1, 0.15) is 13.8 Å². The van der Waals surface area contributed by atoms with Gasteiger partial charge in [0.05, 0.1) is 5.92 Å². The third-order valence-electron chi connectivity index (χ3n) is 2.14. The monoisotopic (exact) mass is 249 g/mol. The van der Waals surface area contributed by atoms with Gasteiger partial charge in [0.25, 0.3) is 5.91 Å². The molecule has 2 atom stereocenters. The van der Waals surface area contributed by atoms with E-state index in [0.29, 0.717) is 4.80 Å². The van der Waals surface area contributed by atoms with Gasteiger partial charge in [0.1, 0.15) is 0 Å². The Balaban J connectivity index is 0.00000196. The van der Waals surface area contributed by atoms with Crippen LogP contribution in [0.3, 0.4) is 0 Å². The largest absolute Gasteiger partial charge is 0.327 e. The summed E-state index contributed by atoms with van der Waals surface area (Å²) in [6.07, 6.45) is 1.87. The highest BCUT2D eigenvalue weighted by molar-refractivity contribution is 7.07. The molecule has 1 aromatic heterocycles. The quantitative estimate of drug-likeness (QED) is 0.847. The van der Waals surface area contributed by atoms with Gasteiger partial charge in [0.2, 0.25) is 0 Å². The molecule has 0 radical (unpaired) electrons. The van der Waals surface area contributed by atoms with Crippen LogP contribution in [0.5, 0.6) is 0 Å². The second kappa shape index (κ2) is 6.05. The summed E-state index contributed by atoms with van der Waals surface area (Å²) in [4.78, 5) is 16.3. The minimum Gasteiger partial charge on any atom is -0.327 e. The van der Waals surface area contributed by atoms with Gasteiger partial charge < -0.3 is 10.3 Å². The van der Waals surface area contributed by atoms with Gasteiger partial charge in [-0.25, -0.2) is 0 Å². The molecule has 0 aliphatic heterocycles. The number of aromatic nitrogens is 1. The molecular weight excluding hydrogens is 234 g/mol. The molecule has 86 valence electrons. The van der Waals surface area contributed by atoms with Gasteiger partial charge in [-0.15, -0.1) is 23.7 Å². The third kappa shape index (κ3) is 3.77. The van der Waals surface area contributed by atoms with Crippen LogP contribution in [0.2, 0.25) is 0 Å². The Bertz CT molecular complexity index is 383. The van der Waals surface area contributed by atoms with Gasteiger partial charge in [-0.05, 0) is 6.92 Å². The number of hydrogen-bond donors (Lipinski definition) is 1. The number of nitrogens with zero attached hydrogens (tertiary/aromatic N) is 2. The lowest BCUT2D eigenvalue weighted by atomic mass is 10.0. The number of amides is 1. The van der Waals surface area contributed by atoms with E-state index in [0.717, 1.165) is 0 Å². The van der Waals surface area contributed by atoms with Crippen molar-refractivity contribution >= 4 is 29.7 Å². The number of carbonyl (C=O) groups is 1. The molecule has 1 amide bonds. The van der Waals surface area contributed by atoms with E-state index in [-0.39, 0.29) is 30.3 Å². The van der Waals surface area contributed by atoms with Crippen LogP contribution < -0.4 is 10.5 Å². The van der Waals surface area contributed by atoms with Gasteiger partial charge in [-0.2, -0.15) is 4.99 Å². The molecule has 2 N–H and O–H groups in total. The number of carbonyl (C=O) groups excluding carboxylic acids is 1. The molecule has 0 bridgehead atoms. The standard InChI is InChI=1S/C9H15N3OS.ClH/c1-6(7(2)10)8(13)11-9-12(3)4-5-14-9;/h4-7H,10H2,1-3H3;1H. The number of nitrogens with two attached hydrogens (primary N) is 1. The molecule has 1 rings (SSSR count).